The molecule has 1 N–H and O–H groups in total. The summed E-state index contributed by atoms with van der Waals surface area (Å²) in [6.07, 6.45) is -3.71. The van der Waals surface area contributed by atoms with E-state index in [0.29, 0.717) is 29.2 Å². The Morgan fingerprint density at radius 3 is 2.62 bits per heavy atom. The monoisotopic (exact) mass is 466 g/mol. The fourth-order valence-corrected chi connectivity index (χ4v) is 5.41. The maximum atomic E-state index is 13.3. The minimum Gasteiger partial charge on any atom is -0.406 e. The Morgan fingerprint density at radius 1 is 1.09 bits per heavy atom. The van der Waals surface area contributed by atoms with Gasteiger partial charge in [-0.05, 0) is 48.4 Å². The molecule has 3 aromatic rings. The van der Waals surface area contributed by atoms with Crippen LogP contribution in [0, 0.1) is 17.2 Å². The lowest BCUT2D eigenvalue weighted by Gasteiger charge is -2.40. The highest BCUT2D eigenvalue weighted by Gasteiger charge is 2.37. The number of likely N-dealkylation sites (tertiary alicyclic amines) is 1. The van der Waals surface area contributed by atoms with E-state index >= 15 is 0 Å². The molecule has 5 rings (SSSR count). The molecule has 0 radical (unpaired) electrons. The summed E-state index contributed by atoms with van der Waals surface area (Å²) in [7, 11) is 0. The third-order valence-electron chi connectivity index (χ3n) is 6.71. The van der Waals surface area contributed by atoms with E-state index < -0.39 is 6.36 Å². The van der Waals surface area contributed by atoms with E-state index in [4.69, 9.17) is 5.26 Å². The summed E-state index contributed by atoms with van der Waals surface area (Å²) in [5, 5.41) is 9.16. The van der Waals surface area contributed by atoms with Crippen molar-refractivity contribution >= 4 is 0 Å². The summed E-state index contributed by atoms with van der Waals surface area (Å²) >= 11 is 0. The molecule has 1 unspecified atom stereocenters. The first-order valence-electron chi connectivity index (χ1n) is 11.2. The Hall–Kier alpha value is -3.57. The summed E-state index contributed by atoms with van der Waals surface area (Å²) in [5.74, 6) is 0.328. The molecule has 0 spiro atoms. The maximum absolute atomic E-state index is 13.3. The summed E-state index contributed by atoms with van der Waals surface area (Å²) in [6.45, 7) is 3.34. The third-order valence-corrected chi connectivity index (χ3v) is 6.71. The number of hydrogen-bond acceptors (Lipinski definition) is 3. The Labute approximate surface area is 194 Å². The Balaban J connectivity index is 1.37. The van der Waals surface area contributed by atoms with Gasteiger partial charge < -0.3 is 14.2 Å². The molecule has 34 heavy (non-hydrogen) atoms. The van der Waals surface area contributed by atoms with Crippen molar-refractivity contribution in [1.29, 1.82) is 5.26 Å². The van der Waals surface area contributed by atoms with Gasteiger partial charge in [0.25, 0.3) is 5.56 Å². The Kier molecular flexibility index (Phi) is 5.66. The highest BCUT2D eigenvalue weighted by Crippen LogP contribution is 2.32. The zero-order valence-electron chi connectivity index (χ0n) is 18.3. The molecule has 1 saturated heterocycles. The van der Waals surface area contributed by atoms with Crippen LogP contribution in [-0.4, -0.2) is 24.0 Å². The second-order valence-electron chi connectivity index (χ2n) is 9.11. The Morgan fingerprint density at radius 2 is 1.88 bits per heavy atom. The van der Waals surface area contributed by atoms with Gasteiger partial charge in [-0.15, -0.1) is 13.2 Å². The number of rotatable bonds is 4. The Bertz CT molecular complexity index is 1310. The first kappa shape index (κ1) is 22.2. The molecule has 3 atom stereocenters. The zero-order valence-corrected chi connectivity index (χ0v) is 18.3. The number of aromatic nitrogens is 1. The molecule has 1 fully saturated rings. The van der Waals surface area contributed by atoms with Crippen molar-refractivity contribution in [1.82, 2.24) is 4.57 Å². The van der Waals surface area contributed by atoms with Gasteiger partial charge in [0.1, 0.15) is 12.3 Å². The average molecular weight is 466 g/mol. The van der Waals surface area contributed by atoms with Crippen molar-refractivity contribution < 1.29 is 22.8 Å². The lowest BCUT2D eigenvalue weighted by atomic mass is 9.82. The predicted molar refractivity (Wildman–Crippen MR) is 119 cm³/mol. The quantitative estimate of drug-likeness (QED) is 0.641. The molecule has 3 heterocycles. The molecule has 5 nitrogen and oxygen atoms in total. The molecular formula is C26H23F3N3O2+. The lowest BCUT2D eigenvalue weighted by molar-refractivity contribution is -0.924. The standard InChI is InChI=1S/C26H22F3N3O2/c27-26(28,29)34-22-6-4-20(5-7-22)23-8-9-24-21-11-19(15-32(24)25(23)33)14-31(16-21)13-18-3-1-2-17(10-18)12-30/h1-10,19,21H,11,13-16H2/p+1/t19-,21+/m0/s1. The number of nitrogens with zero attached hydrogens (tertiary/aromatic N) is 2. The summed E-state index contributed by atoms with van der Waals surface area (Å²) < 4.78 is 43.0. The summed E-state index contributed by atoms with van der Waals surface area (Å²) in [4.78, 5) is 14.8. The summed E-state index contributed by atoms with van der Waals surface area (Å²) in [5.41, 5.74) is 3.75. The van der Waals surface area contributed by atoms with Crippen molar-refractivity contribution in [3.8, 4) is 22.9 Å². The second kappa shape index (κ2) is 8.65. The number of quaternary nitrogens is 1. The number of nitriles is 1. The van der Waals surface area contributed by atoms with E-state index in [1.165, 1.54) is 29.2 Å². The highest BCUT2D eigenvalue weighted by molar-refractivity contribution is 5.63. The number of piperidine rings is 1. The van der Waals surface area contributed by atoms with Crippen molar-refractivity contribution in [2.75, 3.05) is 13.1 Å². The maximum Gasteiger partial charge on any atom is 0.573 e. The van der Waals surface area contributed by atoms with E-state index in [2.05, 4.69) is 10.8 Å². The molecule has 1 aromatic heterocycles. The lowest BCUT2D eigenvalue weighted by Crippen LogP contribution is -3.13. The normalized spacial score (nSPS) is 21.4. The van der Waals surface area contributed by atoms with Crippen LogP contribution in [0.25, 0.3) is 11.1 Å². The second-order valence-corrected chi connectivity index (χ2v) is 9.11. The van der Waals surface area contributed by atoms with Crippen LogP contribution in [0.4, 0.5) is 13.2 Å². The van der Waals surface area contributed by atoms with Crippen molar-refractivity contribution in [2.45, 2.75) is 31.8 Å². The van der Waals surface area contributed by atoms with Gasteiger partial charge >= 0.3 is 6.36 Å². The number of nitrogens with one attached hydrogen (secondary N) is 1. The van der Waals surface area contributed by atoms with E-state index in [0.717, 1.165) is 37.3 Å². The first-order chi connectivity index (χ1) is 16.3. The van der Waals surface area contributed by atoms with Gasteiger partial charge in [0.2, 0.25) is 0 Å². The fraction of sp³-hybridized carbons (Fsp3) is 0.308. The molecule has 2 aromatic carbocycles. The number of hydrogen-bond donors (Lipinski definition) is 1. The highest BCUT2D eigenvalue weighted by atomic mass is 19.4. The molecule has 0 amide bonds. The number of benzene rings is 2. The third kappa shape index (κ3) is 4.57. The minimum absolute atomic E-state index is 0.109. The van der Waals surface area contributed by atoms with Crippen LogP contribution in [0.3, 0.4) is 0 Å². The molecular weight excluding hydrogens is 443 g/mol. The van der Waals surface area contributed by atoms with E-state index in [1.54, 1.807) is 12.1 Å². The van der Waals surface area contributed by atoms with Crippen LogP contribution in [-0.2, 0) is 13.1 Å². The SMILES string of the molecule is N#Cc1cccc(C[NH+]2C[C@@H]3C[C@H](C2)c2ccc(-c4ccc(OC(F)(F)F)cc4)c(=O)n2C3)c1. The molecule has 2 aliphatic heterocycles. The largest absolute Gasteiger partial charge is 0.573 e. The van der Waals surface area contributed by atoms with Crippen LogP contribution in [0.2, 0.25) is 0 Å². The predicted octanol–water partition coefficient (Wildman–Crippen LogP) is 3.49. The van der Waals surface area contributed by atoms with Crippen LogP contribution in [0.15, 0.2) is 65.5 Å². The summed E-state index contributed by atoms with van der Waals surface area (Å²) in [6, 6.07) is 19.1. The molecule has 0 saturated carbocycles. The van der Waals surface area contributed by atoms with Gasteiger partial charge in [0.05, 0.1) is 24.7 Å². The zero-order chi connectivity index (χ0) is 23.9. The molecule has 2 bridgehead atoms. The van der Waals surface area contributed by atoms with Gasteiger partial charge in [0, 0.05) is 35.2 Å². The first-order valence-corrected chi connectivity index (χ1v) is 11.2. The van der Waals surface area contributed by atoms with Crippen LogP contribution in [0.5, 0.6) is 5.75 Å². The number of fused-ring (bicyclic) bond motifs is 4. The van der Waals surface area contributed by atoms with Crippen molar-refractivity contribution in [2.24, 2.45) is 5.92 Å². The van der Waals surface area contributed by atoms with Crippen molar-refractivity contribution in [3.63, 3.8) is 0 Å². The number of pyridine rings is 1. The molecule has 174 valence electrons. The van der Waals surface area contributed by atoms with E-state index in [-0.39, 0.29) is 17.2 Å². The number of alkyl halides is 3. The topological polar surface area (TPSA) is 59.5 Å². The number of ether oxygens (including phenoxy) is 1. The molecule has 2 aliphatic rings. The van der Waals surface area contributed by atoms with Gasteiger partial charge in [-0.25, -0.2) is 0 Å². The van der Waals surface area contributed by atoms with Gasteiger partial charge in [-0.1, -0.05) is 24.3 Å². The van der Waals surface area contributed by atoms with Gasteiger partial charge in [-0.3, -0.25) is 4.79 Å². The van der Waals surface area contributed by atoms with Crippen LogP contribution >= 0.6 is 0 Å². The molecule has 0 aliphatic carbocycles. The smallest absolute Gasteiger partial charge is 0.406 e. The van der Waals surface area contributed by atoms with Crippen molar-refractivity contribution in [3.05, 3.63) is 87.8 Å². The van der Waals surface area contributed by atoms with Crippen LogP contribution < -0.4 is 15.2 Å². The fourth-order valence-electron chi connectivity index (χ4n) is 5.41. The van der Waals surface area contributed by atoms with E-state index in [1.807, 2.05) is 28.8 Å². The number of halogens is 3. The van der Waals surface area contributed by atoms with Gasteiger partial charge in [0.15, 0.2) is 0 Å². The van der Waals surface area contributed by atoms with Gasteiger partial charge in [-0.2, -0.15) is 5.26 Å². The minimum atomic E-state index is -4.75. The van der Waals surface area contributed by atoms with E-state index in [9.17, 15) is 18.0 Å². The van der Waals surface area contributed by atoms with Crippen LogP contribution in [0.1, 0.15) is 29.2 Å². The molecule has 8 heteroatoms. The average Bonchev–Trinajstić information content (AvgIpc) is 2.79.